The third-order valence-corrected chi connectivity index (χ3v) is 3.97. The van der Waals surface area contributed by atoms with Crippen LogP contribution in [0.1, 0.15) is 31.2 Å². The summed E-state index contributed by atoms with van der Waals surface area (Å²) in [5.41, 5.74) is 7.96. The Labute approximate surface area is 131 Å². The number of ether oxygens (including phenoxy) is 1. The minimum Gasteiger partial charge on any atom is -0.437 e. The van der Waals surface area contributed by atoms with E-state index in [9.17, 15) is 0 Å². The molecule has 0 spiro atoms. The van der Waals surface area contributed by atoms with Crippen LogP contribution in [0.5, 0.6) is 11.6 Å². The quantitative estimate of drug-likeness (QED) is 0.939. The first kappa shape index (κ1) is 14.6. The topological polar surface area (TPSA) is 64.3 Å². The highest BCUT2D eigenvalue weighted by Crippen LogP contribution is 2.32. The molecule has 1 aromatic carbocycles. The van der Waals surface area contributed by atoms with Gasteiger partial charge in [-0.15, -0.1) is 0 Å². The minimum absolute atomic E-state index is 0.429. The molecule has 0 atom stereocenters. The van der Waals surface area contributed by atoms with Gasteiger partial charge in [0, 0.05) is 13.1 Å². The average molecular weight is 298 g/mol. The fourth-order valence-corrected chi connectivity index (χ4v) is 2.70. The van der Waals surface area contributed by atoms with E-state index in [1.807, 2.05) is 31.2 Å². The molecule has 1 aliphatic heterocycles. The number of benzene rings is 1. The van der Waals surface area contributed by atoms with Gasteiger partial charge in [-0.05, 0) is 31.9 Å². The Morgan fingerprint density at radius 2 is 1.68 bits per heavy atom. The van der Waals surface area contributed by atoms with Crippen LogP contribution in [0.25, 0.3) is 0 Å². The van der Waals surface area contributed by atoms with Crippen LogP contribution in [-0.4, -0.2) is 23.1 Å². The van der Waals surface area contributed by atoms with Gasteiger partial charge in [0.05, 0.1) is 0 Å². The van der Waals surface area contributed by atoms with Gasteiger partial charge in [-0.2, -0.15) is 4.98 Å². The number of hydrogen-bond donors (Lipinski definition) is 1. The second kappa shape index (κ2) is 6.64. The van der Waals surface area contributed by atoms with Crippen molar-refractivity contribution in [1.29, 1.82) is 0 Å². The van der Waals surface area contributed by atoms with Crippen LogP contribution in [0, 0.1) is 6.92 Å². The lowest BCUT2D eigenvalue weighted by atomic mass is 10.2. The minimum atomic E-state index is 0.429. The molecule has 1 saturated heterocycles. The van der Waals surface area contributed by atoms with Crippen molar-refractivity contribution >= 4 is 11.5 Å². The monoisotopic (exact) mass is 298 g/mol. The highest BCUT2D eigenvalue weighted by molar-refractivity contribution is 5.68. The number of anilines is 2. The Hall–Kier alpha value is -2.30. The highest BCUT2D eigenvalue weighted by Gasteiger charge is 2.17. The number of aryl methyl sites for hydroxylation is 1. The first-order valence-electron chi connectivity index (χ1n) is 7.84. The molecule has 2 aromatic rings. The molecule has 1 aliphatic rings. The van der Waals surface area contributed by atoms with Gasteiger partial charge in [-0.3, -0.25) is 0 Å². The molecule has 5 nitrogen and oxygen atoms in total. The molecule has 116 valence electrons. The zero-order valence-corrected chi connectivity index (χ0v) is 13.0. The maximum absolute atomic E-state index is 6.25. The highest BCUT2D eigenvalue weighted by atomic mass is 16.5. The second-order valence-corrected chi connectivity index (χ2v) is 5.73. The van der Waals surface area contributed by atoms with E-state index in [0.29, 0.717) is 11.6 Å². The van der Waals surface area contributed by atoms with E-state index in [0.717, 1.165) is 24.7 Å². The lowest BCUT2D eigenvalue weighted by molar-refractivity contribution is 0.464. The van der Waals surface area contributed by atoms with E-state index >= 15 is 0 Å². The molecule has 0 bridgehead atoms. The van der Waals surface area contributed by atoms with Gasteiger partial charge >= 0.3 is 0 Å². The molecule has 3 rings (SSSR count). The normalized spacial score (nSPS) is 15.4. The summed E-state index contributed by atoms with van der Waals surface area (Å²) in [5.74, 6) is 1.95. The van der Waals surface area contributed by atoms with E-state index in [1.165, 1.54) is 37.6 Å². The van der Waals surface area contributed by atoms with Gasteiger partial charge < -0.3 is 15.4 Å². The van der Waals surface area contributed by atoms with Crippen molar-refractivity contribution in [3.63, 3.8) is 0 Å². The number of nitrogens with two attached hydrogens (primary N) is 1. The molecule has 2 N–H and O–H groups in total. The molecular weight excluding hydrogens is 276 g/mol. The fourth-order valence-electron chi connectivity index (χ4n) is 2.70. The molecule has 1 fully saturated rings. The van der Waals surface area contributed by atoms with Crippen LogP contribution < -0.4 is 15.4 Å². The maximum atomic E-state index is 6.25. The fraction of sp³-hybridized carbons (Fsp3) is 0.412. The molecule has 2 heterocycles. The van der Waals surface area contributed by atoms with Gasteiger partial charge in [0.2, 0.25) is 5.88 Å². The van der Waals surface area contributed by atoms with E-state index < -0.39 is 0 Å². The van der Waals surface area contributed by atoms with Crippen LogP contribution in [0.2, 0.25) is 0 Å². The Morgan fingerprint density at radius 3 is 2.36 bits per heavy atom. The van der Waals surface area contributed by atoms with Crippen molar-refractivity contribution in [3.8, 4) is 11.6 Å². The van der Waals surface area contributed by atoms with Crippen LogP contribution in [0.3, 0.4) is 0 Å². The van der Waals surface area contributed by atoms with Crippen molar-refractivity contribution in [2.24, 2.45) is 0 Å². The van der Waals surface area contributed by atoms with Crippen molar-refractivity contribution in [3.05, 3.63) is 36.2 Å². The molecule has 0 aliphatic carbocycles. The first-order chi connectivity index (χ1) is 10.7. The SMILES string of the molecule is Cc1ccc(Oc2ncnc(N3CCCCCC3)c2N)cc1. The van der Waals surface area contributed by atoms with Gasteiger partial charge in [-0.1, -0.05) is 30.5 Å². The summed E-state index contributed by atoms with van der Waals surface area (Å²) < 4.78 is 5.82. The number of nitrogens with zero attached hydrogens (tertiary/aromatic N) is 3. The van der Waals surface area contributed by atoms with Gasteiger partial charge in [0.15, 0.2) is 5.82 Å². The van der Waals surface area contributed by atoms with E-state index in [4.69, 9.17) is 10.5 Å². The van der Waals surface area contributed by atoms with Crippen LogP contribution >= 0.6 is 0 Å². The zero-order chi connectivity index (χ0) is 15.4. The van der Waals surface area contributed by atoms with Gasteiger partial charge in [0.25, 0.3) is 0 Å². The summed E-state index contributed by atoms with van der Waals surface area (Å²) in [6.07, 6.45) is 6.43. The Bertz CT molecular complexity index is 619. The largest absolute Gasteiger partial charge is 0.437 e. The maximum Gasteiger partial charge on any atom is 0.248 e. The number of rotatable bonds is 3. The third-order valence-electron chi connectivity index (χ3n) is 3.97. The standard InChI is InChI=1S/C17H22N4O/c1-13-6-8-14(9-7-13)22-17-15(18)16(19-12-20-17)21-10-4-2-3-5-11-21/h6-9,12H,2-5,10-11,18H2,1H3. The summed E-state index contributed by atoms with van der Waals surface area (Å²) in [6, 6.07) is 7.84. The van der Waals surface area contributed by atoms with Crippen LogP contribution in [0.15, 0.2) is 30.6 Å². The lowest BCUT2D eigenvalue weighted by Crippen LogP contribution is -2.26. The predicted molar refractivity (Wildman–Crippen MR) is 88.4 cm³/mol. The van der Waals surface area contributed by atoms with E-state index in [2.05, 4.69) is 14.9 Å². The van der Waals surface area contributed by atoms with Crippen molar-refractivity contribution in [2.75, 3.05) is 23.7 Å². The molecule has 0 amide bonds. The molecule has 0 saturated carbocycles. The van der Waals surface area contributed by atoms with Crippen molar-refractivity contribution in [2.45, 2.75) is 32.6 Å². The van der Waals surface area contributed by atoms with Gasteiger partial charge in [0.1, 0.15) is 17.8 Å². The predicted octanol–water partition coefficient (Wildman–Crippen LogP) is 3.54. The Balaban J connectivity index is 1.83. The van der Waals surface area contributed by atoms with E-state index in [-0.39, 0.29) is 0 Å². The molecule has 0 radical (unpaired) electrons. The summed E-state index contributed by atoms with van der Waals surface area (Å²) in [7, 11) is 0. The Kier molecular flexibility index (Phi) is 4.42. The lowest BCUT2D eigenvalue weighted by Gasteiger charge is -2.23. The average Bonchev–Trinajstić information content (AvgIpc) is 2.81. The van der Waals surface area contributed by atoms with Crippen molar-refractivity contribution < 1.29 is 4.74 Å². The number of nitrogen functional groups attached to an aromatic ring is 1. The molecule has 22 heavy (non-hydrogen) atoms. The Morgan fingerprint density at radius 1 is 1.00 bits per heavy atom. The molecular formula is C17H22N4O. The third kappa shape index (κ3) is 3.30. The number of aromatic nitrogens is 2. The van der Waals surface area contributed by atoms with Crippen molar-refractivity contribution in [1.82, 2.24) is 9.97 Å². The van der Waals surface area contributed by atoms with E-state index in [1.54, 1.807) is 0 Å². The number of hydrogen-bond acceptors (Lipinski definition) is 5. The zero-order valence-electron chi connectivity index (χ0n) is 13.0. The molecule has 1 aromatic heterocycles. The van der Waals surface area contributed by atoms with Gasteiger partial charge in [-0.25, -0.2) is 4.98 Å². The first-order valence-corrected chi connectivity index (χ1v) is 7.84. The molecule has 5 heteroatoms. The summed E-state index contributed by atoms with van der Waals surface area (Å²) in [5, 5.41) is 0. The smallest absolute Gasteiger partial charge is 0.248 e. The molecule has 0 unspecified atom stereocenters. The second-order valence-electron chi connectivity index (χ2n) is 5.73. The summed E-state index contributed by atoms with van der Waals surface area (Å²) in [6.45, 7) is 4.02. The summed E-state index contributed by atoms with van der Waals surface area (Å²) in [4.78, 5) is 10.8. The van der Waals surface area contributed by atoms with Crippen LogP contribution in [0.4, 0.5) is 11.5 Å². The van der Waals surface area contributed by atoms with Crippen LogP contribution in [-0.2, 0) is 0 Å². The summed E-state index contributed by atoms with van der Waals surface area (Å²) >= 11 is 0.